The van der Waals surface area contributed by atoms with Crippen molar-refractivity contribution in [3.63, 3.8) is 0 Å². The predicted octanol–water partition coefficient (Wildman–Crippen LogP) is 2.84. The van der Waals surface area contributed by atoms with E-state index in [4.69, 9.17) is 0 Å². The zero-order valence-corrected chi connectivity index (χ0v) is 21.7. The molecule has 3 aliphatic rings. The number of imide groups is 1. The van der Waals surface area contributed by atoms with Crippen LogP contribution in [-0.2, 0) is 23.1 Å². The Kier molecular flexibility index (Phi) is 7.91. The number of imidazole rings is 1. The largest absolute Gasteiger partial charge is 0.329 e. The third kappa shape index (κ3) is 5.59. The zero-order chi connectivity index (χ0) is 25.1. The van der Waals surface area contributed by atoms with Crippen LogP contribution in [0.15, 0.2) is 23.0 Å². The summed E-state index contributed by atoms with van der Waals surface area (Å²) >= 11 is 0. The van der Waals surface area contributed by atoms with Gasteiger partial charge in [-0.05, 0) is 68.7 Å². The number of carbonyl (C=O) groups excluding carboxylic acids is 2. The Labute approximate surface area is 213 Å². The van der Waals surface area contributed by atoms with Gasteiger partial charge in [0.05, 0.1) is 11.0 Å². The minimum atomic E-state index is -0.632. The fourth-order valence-corrected chi connectivity index (χ4v) is 6.39. The number of piperazine rings is 1. The third-order valence-corrected chi connectivity index (χ3v) is 8.57. The quantitative estimate of drug-likeness (QED) is 0.450. The lowest BCUT2D eigenvalue weighted by Crippen LogP contribution is -2.48. The second kappa shape index (κ2) is 11.3. The van der Waals surface area contributed by atoms with Crippen LogP contribution in [0.3, 0.4) is 0 Å². The molecule has 0 bridgehead atoms. The first-order valence-corrected chi connectivity index (χ1v) is 14.0. The van der Waals surface area contributed by atoms with Gasteiger partial charge in [-0.25, -0.2) is 4.79 Å². The van der Waals surface area contributed by atoms with Crippen molar-refractivity contribution in [1.82, 2.24) is 24.3 Å². The van der Waals surface area contributed by atoms with Gasteiger partial charge in [0.25, 0.3) is 0 Å². The van der Waals surface area contributed by atoms with Gasteiger partial charge in [-0.15, -0.1) is 0 Å². The van der Waals surface area contributed by atoms with Gasteiger partial charge in [-0.1, -0.05) is 25.3 Å². The topological polar surface area (TPSA) is 79.6 Å². The molecule has 36 heavy (non-hydrogen) atoms. The Bertz CT molecular complexity index is 1140. The van der Waals surface area contributed by atoms with Crippen LogP contribution in [0.5, 0.6) is 0 Å². The van der Waals surface area contributed by atoms with Crippen molar-refractivity contribution in [3.8, 4) is 0 Å². The van der Waals surface area contributed by atoms with E-state index in [1.807, 2.05) is 6.07 Å². The molecule has 1 N–H and O–H groups in total. The lowest BCUT2D eigenvalue weighted by atomic mass is 9.89. The van der Waals surface area contributed by atoms with Crippen LogP contribution in [-0.4, -0.2) is 70.0 Å². The summed E-state index contributed by atoms with van der Waals surface area (Å²) in [4.78, 5) is 42.2. The molecule has 2 saturated heterocycles. The van der Waals surface area contributed by atoms with E-state index in [-0.39, 0.29) is 23.9 Å². The molecule has 0 spiro atoms. The highest BCUT2D eigenvalue weighted by Crippen LogP contribution is 2.26. The number of nitrogens with one attached hydrogen (secondary N) is 1. The van der Waals surface area contributed by atoms with Gasteiger partial charge in [0, 0.05) is 46.2 Å². The summed E-state index contributed by atoms with van der Waals surface area (Å²) in [6.07, 6.45) is 11.1. The Morgan fingerprint density at radius 1 is 0.889 bits per heavy atom. The molecular weight excluding hydrogens is 454 g/mol. The van der Waals surface area contributed by atoms with Gasteiger partial charge in [-0.3, -0.25) is 24.0 Å². The first-order valence-electron chi connectivity index (χ1n) is 14.0. The average molecular weight is 496 g/mol. The molecule has 1 saturated carbocycles. The van der Waals surface area contributed by atoms with Crippen molar-refractivity contribution in [2.45, 2.75) is 70.3 Å². The smallest absolute Gasteiger partial charge is 0.301 e. The first kappa shape index (κ1) is 25.2. The van der Waals surface area contributed by atoms with E-state index in [1.165, 1.54) is 76.8 Å². The number of rotatable bonds is 8. The molecule has 2 aromatic rings. The van der Waals surface area contributed by atoms with Crippen LogP contribution >= 0.6 is 0 Å². The summed E-state index contributed by atoms with van der Waals surface area (Å²) in [6, 6.07) is 5.49. The highest BCUT2D eigenvalue weighted by atomic mass is 16.2. The lowest BCUT2D eigenvalue weighted by Gasteiger charge is -2.37. The summed E-state index contributed by atoms with van der Waals surface area (Å²) in [5.41, 5.74) is 2.61. The maximum atomic E-state index is 12.9. The molecule has 5 rings (SSSR count). The molecule has 0 radical (unpaired) electrons. The highest BCUT2D eigenvalue weighted by molar-refractivity contribution is 6.00. The van der Waals surface area contributed by atoms with Crippen LogP contribution in [0.25, 0.3) is 11.0 Å². The number of amides is 2. The van der Waals surface area contributed by atoms with Crippen molar-refractivity contribution in [3.05, 3.63) is 34.2 Å². The van der Waals surface area contributed by atoms with E-state index >= 15 is 0 Å². The number of aryl methyl sites for hydroxylation is 2. The molecule has 8 heteroatoms. The molecule has 1 atom stereocenters. The minimum Gasteiger partial charge on any atom is -0.301 e. The van der Waals surface area contributed by atoms with E-state index in [9.17, 15) is 14.4 Å². The monoisotopic (exact) mass is 495 g/mol. The average Bonchev–Trinajstić information content (AvgIpc) is 3.13. The number of aromatic nitrogens is 2. The molecule has 1 aromatic heterocycles. The molecule has 3 fully saturated rings. The second-order valence-electron chi connectivity index (χ2n) is 11.1. The Morgan fingerprint density at radius 3 is 2.39 bits per heavy atom. The summed E-state index contributed by atoms with van der Waals surface area (Å²) in [5, 5.41) is 2.37. The summed E-state index contributed by atoms with van der Waals surface area (Å²) in [7, 11) is 1.75. The molecule has 8 nitrogen and oxygen atoms in total. The van der Waals surface area contributed by atoms with Crippen molar-refractivity contribution in [1.29, 1.82) is 0 Å². The molecule has 1 aliphatic carbocycles. The van der Waals surface area contributed by atoms with Crippen molar-refractivity contribution >= 4 is 22.8 Å². The van der Waals surface area contributed by atoms with E-state index in [1.54, 1.807) is 16.2 Å². The fourth-order valence-electron chi connectivity index (χ4n) is 6.39. The number of piperidine rings is 1. The Hall–Kier alpha value is -2.45. The van der Waals surface area contributed by atoms with E-state index in [0.717, 1.165) is 36.3 Å². The van der Waals surface area contributed by atoms with Crippen LogP contribution in [0.4, 0.5) is 0 Å². The molecule has 3 heterocycles. The van der Waals surface area contributed by atoms with Crippen molar-refractivity contribution < 1.29 is 9.59 Å². The Balaban J connectivity index is 1.11. The highest BCUT2D eigenvalue weighted by Gasteiger charge is 2.31. The first-order chi connectivity index (χ1) is 17.5. The standard InChI is InChI=1S/C28H41N5O3/c1-30-25-19-21(10-11-23(25)33(28(30)36)24-12-13-26(34)29-27(24)35)7-5-6-14-31-15-17-32(18-16-31)20-22-8-3-2-4-9-22/h10-11,19,22,24H,2-9,12-18,20H2,1H3,(H,29,34,35). The van der Waals surface area contributed by atoms with Crippen LogP contribution in [0.2, 0.25) is 0 Å². The molecular formula is C28H41N5O3. The SMILES string of the molecule is Cn1c(=O)n(C2CCC(=O)NC2=O)c2ccc(CCCCN3CCN(CC4CCCCC4)CC3)cc21. The van der Waals surface area contributed by atoms with E-state index < -0.39 is 6.04 Å². The molecule has 1 unspecified atom stereocenters. The minimum absolute atomic E-state index is 0.209. The van der Waals surface area contributed by atoms with Gasteiger partial charge < -0.3 is 9.80 Å². The Morgan fingerprint density at radius 2 is 1.64 bits per heavy atom. The zero-order valence-electron chi connectivity index (χ0n) is 21.7. The molecule has 2 aliphatic heterocycles. The van der Waals surface area contributed by atoms with Gasteiger partial charge in [0.1, 0.15) is 6.04 Å². The number of hydrogen-bond donors (Lipinski definition) is 1. The number of unbranched alkanes of at least 4 members (excludes halogenated alkanes) is 1. The maximum Gasteiger partial charge on any atom is 0.329 e. The summed E-state index contributed by atoms with van der Waals surface area (Å²) in [6.45, 7) is 7.27. The predicted molar refractivity (Wildman–Crippen MR) is 141 cm³/mol. The number of nitrogens with zero attached hydrogens (tertiary/aromatic N) is 4. The normalized spacial score (nSPS) is 22.9. The van der Waals surface area contributed by atoms with Crippen molar-refractivity contribution in [2.75, 3.05) is 39.3 Å². The van der Waals surface area contributed by atoms with E-state index in [2.05, 4.69) is 27.2 Å². The van der Waals surface area contributed by atoms with Crippen LogP contribution in [0, 0.1) is 5.92 Å². The molecule has 2 amide bonds. The van der Waals surface area contributed by atoms with Gasteiger partial charge in [0.15, 0.2) is 0 Å². The van der Waals surface area contributed by atoms with E-state index in [0.29, 0.717) is 6.42 Å². The van der Waals surface area contributed by atoms with Crippen molar-refractivity contribution in [2.24, 2.45) is 13.0 Å². The van der Waals surface area contributed by atoms with Gasteiger partial charge in [-0.2, -0.15) is 0 Å². The number of benzene rings is 1. The second-order valence-corrected chi connectivity index (χ2v) is 11.1. The van der Waals surface area contributed by atoms with Gasteiger partial charge in [0.2, 0.25) is 11.8 Å². The molecule has 1 aromatic carbocycles. The summed E-state index contributed by atoms with van der Waals surface area (Å²) in [5.74, 6) is 0.274. The number of hydrogen-bond acceptors (Lipinski definition) is 5. The molecule has 196 valence electrons. The summed E-state index contributed by atoms with van der Waals surface area (Å²) < 4.78 is 3.17. The van der Waals surface area contributed by atoms with Crippen LogP contribution in [0.1, 0.15) is 69.4 Å². The lowest BCUT2D eigenvalue weighted by molar-refractivity contribution is -0.135. The number of carbonyl (C=O) groups is 2. The third-order valence-electron chi connectivity index (χ3n) is 8.57. The maximum absolute atomic E-state index is 12.9. The van der Waals surface area contributed by atoms with Gasteiger partial charge >= 0.3 is 5.69 Å². The fraction of sp³-hybridized carbons (Fsp3) is 0.679. The number of fused-ring (bicyclic) bond motifs is 1. The van der Waals surface area contributed by atoms with Crippen LogP contribution < -0.4 is 11.0 Å².